The molecule has 1 heterocycles. The minimum absolute atomic E-state index is 0.217. The summed E-state index contributed by atoms with van der Waals surface area (Å²) in [6.07, 6.45) is 4.68. The molecule has 0 amide bonds. The molecule has 0 aliphatic rings. The van der Waals surface area contributed by atoms with Gasteiger partial charge in [-0.15, -0.1) is 0 Å². The van der Waals surface area contributed by atoms with Crippen molar-refractivity contribution in [1.82, 2.24) is 8.75 Å². The minimum atomic E-state index is 0.217. The van der Waals surface area contributed by atoms with Crippen LogP contribution < -0.4 is 5.73 Å². The molecule has 1 unspecified atom stereocenters. The van der Waals surface area contributed by atoms with Crippen LogP contribution in [-0.4, -0.2) is 26.8 Å². The van der Waals surface area contributed by atoms with E-state index in [1.54, 1.807) is 18.0 Å². The molecule has 0 saturated carbocycles. The van der Waals surface area contributed by atoms with E-state index < -0.39 is 0 Å². The van der Waals surface area contributed by atoms with Crippen molar-refractivity contribution in [3.8, 4) is 0 Å². The van der Waals surface area contributed by atoms with Gasteiger partial charge in [0, 0.05) is 18.2 Å². The Morgan fingerprint density at radius 2 is 2.64 bits per heavy atom. The minimum Gasteiger partial charge on any atom is -0.327 e. The van der Waals surface area contributed by atoms with Crippen molar-refractivity contribution in [3.05, 3.63) is 11.9 Å². The Balaban J connectivity index is 2.31. The number of thioether (sulfide) groups is 1. The Morgan fingerprint density at radius 1 is 1.82 bits per heavy atom. The van der Waals surface area contributed by atoms with E-state index in [1.807, 2.05) is 0 Å². The quantitative estimate of drug-likeness (QED) is 0.760. The first-order valence-corrected chi connectivity index (χ1v) is 5.46. The average Bonchev–Trinajstić information content (AvgIpc) is 2.40. The Kier molecular flexibility index (Phi) is 3.82. The zero-order valence-corrected chi connectivity index (χ0v) is 7.99. The van der Waals surface area contributed by atoms with Crippen LogP contribution >= 0.6 is 23.5 Å². The summed E-state index contributed by atoms with van der Waals surface area (Å²) in [5, 5.41) is 0. The lowest BCUT2D eigenvalue weighted by atomic mass is 10.2. The number of aromatic nitrogens is 2. The topological polar surface area (TPSA) is 51.8 Å². The highest BCUT2D eigenvalue weighted by molar-refractivity contribution is 7.98. The molecule has 0 spiro atoms. The van der Waals surface area contributed by atoms with Gasteiger partial charge in [-0.3, -0.25) is 0 Å². The Hall–Kier alpha value is -0.130. The third-order valence-corrected chi connectivity index (χ3v) is 2.54. The predicted octanol–water partition coefficient (Wildman–Crippen LogP) is 0.771. The number of hydrogen-bond acceptors (Lipinski definition) is 5. The standard InChI is InChI=1S/C6H11N3S2/c1-10-4-5(7)2-6-3-8-11-9-6/h3,5H,2,4,7H2,1H3. The molecule has 1 aromatic rings. The highest BCUT2D eigenvalue weighted by Gasteiger charge is 2.04. The smallest absolute Gasteiger partial charge is 0.0758 e. The van der Waals surface area contributed by atoms with Gasteiger partial charge >= 0.3 is 0 Å². The lowest BCUT2D eigenvalue weighted by molar-refractivity contribution is 0.738. The van der Waals surface area contributed by atoms with E-state index in [0.29, 0.717) is 0 Å². The second-order valence-corrected chi connectivity index (χ2v) is 3.79. The molecular weight excluding hydrogens is 178 g/mol. The van der Waals surface area contributed by atoms with Crippen LogP contribution in [0.3, 0.4) is 0 Å². The van der Waals surface area contributed by atoms with Crippen LogP contribution in [0.25, 0.3) is 0 Å². The molecule has 1 rings (SSSR count). The Bertz CT molecular complexity index is 188. The van der Waals surface area contributed by atoms with Crippen LogP contribution in [0.15, 0.2) is 6.20 Å². The van der Waals surface area contributed by atoms with Crippen molar-refractivity contribution in [2.45, 2.75) is 12.5 Å². The summed E-state index contributed by atoms with van der Waals surface area (Å²) >= 11 is 3.00. The molecule has 0 aliphatic carbocycles. The molecule has 1 aromatic heterocycles. The van der Waals surface area contributed by atoms with Gasteiger partial charge in [0.05, 0.1) is 23.6 Å². The summed E-state index contributed by atoms with van der Waals surface area (Å²) in [6, 6.07) is 0.217. The molecule has 2 N–H and O–H groups in total. The van der Waals surface area contributed by atoms with Gasteiger partial charge in [-0.2, -0.15) is 20.5 Å². The zero-order chi connectivity index (χ0) is 8.10. The predicted molar refractivity (Wildman–Crippen MR) is 50.0 cm³/mol. The van der Waals surface area contributed by atoms with Crippen LogP contribution in [-0.2, 0) is 6.42 Å². The third kappa shape index (κ3) is 3.18. The number of nitrogens with two attached hydrogens (primary N) is 1. The van der Waals surface area contributed by atoms with Gasteiger partial charge in [-0.1, -0.05) is 0 Å². The maximum atomic E-state index is 5.79. The highest BCUT2D eigenvalue weighted by Crippen LogP contribution is 2.02. The van der Waals surface area contributed by atoms with E-state index in [-0.39, 0.29) is 6.04 Å². The van der Waals surface area contributed by atoms with E-state index in [0.717, 1.165) is 17.9 Å². The fourth-order valence-corrected chi connectivity index (χ4v) is 1.80. The molecule has 0 aromatic carbocycles. The summed E-state index contributed by atoms with van der Waals surface area (Å²) in [5.74, 6) is 0.984. The SMILES string of the molecule is CSCC(N)Cc1cnsn1. The Labute approximate surface area is 74.7 Å². The van der Waals surface area contributed by atoms with E-state index in [1.165, 1.54) is 11.7 Å². The van der Waals surface area contributed by atoms with Crippen molar-refractivity contribution in [3.63, 3.8) is 0 Å². The van der Waals surface area contributed by atoms with E-state index >= 15 is 0 Å². The molecule has 0 saturated heterocycles. The molecule has 0 aliphatic heterocycles. The fourth-order valence-electron chi connectivity index (χ4n) is 0.816. The zero-order valence-electron chi connectivity index (χ0n) is 6.36. The summed E-state index contributed by atoms with van der Waals surface area (Å²) in [5.41, 5.74) is 6.80. The summed E-state index contributed by atoms with van der Waals surface area (Å²) in [7, 11) is 0. The van der Waals surface area contributed by atoms with Gasteiger partial charge in [0.25, 0.3) is 0 Å². The average molecular weight is 189 g/mol. The first kappa shape index (κ1) is 8.96. The summed E-state index contributed by atoms with van der Waals surface area (Å²) in [4.78, 5) is 0. The van der Waals surface area contributed by atoms with E-state index in [4.69, 9.17) is 5.73 Å². The summed E-state index contributed by atoms with van der Waals surface area (Å²) < 4.78 is 7.98. The monoisotopic (exact) mass is 189 g/mol. The second kappa shape index (κ2) is 4.69. The molecular formula is C6H11N3S2. The highest BCUT2D eigenvalue weighted by atomic mass is 32.2. The van der Waals surface area contributed by atoms with Gasteiger partial charge in [-0.05, 0) is 6.26 Å². The molecule has 62 valence electrons. The van der Waals surface area contributed by atoms with Gasteiger partial charge in [0.1, 0.15) is 0 Å². The summed E-state index contributed by atoms with van der Waals surface area (Å²) in [6.45, 7) is 0. The largest absolute Gasteiger partial charge is 0.327 e. The fraction of sp³-hybridized carbons (Fsp3) is 0.667. The normalized spacial score (nSPS) is 13.3. The molecule has 1 atom stereocenters. The molecule has 0 fully saturated rings. The second-order valence-electron chi connectivity index (χ2n) is 2.32. The van der Waals surface area contributed by atoms with Crippen molar-refractivity contribution in [2.75, 3.05) is 12.0 Å². The first-order valence-electron chi connectivity index (χ1n) is 3.34. The molecule has 0 radical (unpaired) electrons. The molecule has 5 heteroatoms. The van der Waals surface area contributed by atoms with Crippen LogP contribution in [0.4, 0.5) is 0 Å². The number of nitrogens with zero attached hydrogens (tertiary/aromatic N) is 2. The van der Waals surface area contributed by atoms with E-state index in [9.17, 15) is 0 Å². The maximum Gasteiger partial charge on any atom is 0.0758 e. The number of hydrogen-bond donors (Lipinski definition) is 1. The van der Waals surface area contributed by atoms with Crippen molar-refractivity contribution >= 4 is 23.5 Å². The lowest BCUT2D eigenvalue weighted by Gasteiger charge is -2.05. The lowest BCUT2D eigenvalue weighted by Crippen LogP contribution is -2.25. The van der Waals surface area contributed by atoms with Crippen LogP contribution in [0, 0.1) is 0 Å². The van der Waals surface area contributed by atoms with Gasteiger partial charge < -0.3 is 5.73 Å². The van der Waals surface area contributed by atoms with Gasteiger partial charge in [0.15, 0.2) is 0 Å². The Morgan fingerprint density at radius 3 is 3.18 bits per heavy atom. The van der Waals surface area contributed by atoms with Crippen molar-refractivity contribution in [2.24, 2.45) is 5.73 Å². The van der Waals surface area contributed by atoms with Crippen molar-refractivity contribution in [1.29, 1.82) is 0 Å². The van der Waals surface area contributed by atoms with Crippen LogP contribution in [0.1, 0.15) is 5.69 Å². The first-order chi connectivity index (χ1) is 5.33. The van der Waals surface area contributed by atoms with Crippen LogP contribution in [0.2, 0.25) is 0 Å². The van der Waals surface area contributed by atoms with Gasteiger partial charge in [-0.25, -0.2) is 0 Å². The molecule has 11 heavy (non-hydrogen) atoms. The molecule has 3 nitrogen and oxygen atoms in total. The van der Waals surface area contributed by atoms with Gasteiger partial charge in [0.2, 0.25) is 0 Å². The van der Waals surface area contributed by atoms with E-state index in [2.05, 4.69) is 15.0 Å². The number of rotatable bonds is 4. The maximum absolute atomic E-state index is 5.79. The van der Waals surface area contributed by atoms with Crippen molar-refractivity contribution < 1.29 is 0 Å². The molecule has 0 bridgehead atoms. The third-order valence-electron chi connectivity index (χ3n) is 1.26. The van der Waals surface area contributed by atoms with Crippen LogP contribution in [0.5, 0.6) is 0 Å².